The molecule has 1 fully saturated rings. The van der Waals surface area contributed by atoms with Crippen LogP contribution in [-0.4, -0.2) is 79.3 Å². The molecule has 21 heavy (non-hydrogen) atoms. The molecule has 0 heterocycles. The summed E-state index contributed by atoms with van der Waals surface area (Å²) in [6, 6.07) is 0. The van der Waals surface area contributed by atoms with E-state index in [4.69, 9.17) is 35.7 Å². The van der Waals surface area contributed by atoms with Gasteiger partial charge in [-0.2, -0.15) is 0 Å². The van der Waals surface area contributed by atoms with Crippen molar-refractivity contribution >= 4 is 5.97 Å². The van der Waals surface area contributed by atoms with Gasteiger partial charge in [-0.25, -0.2) is 0 Å². The van der Waals surface area contributed by atoms with Crippen LogP contribution in [0, 0.1) is 5.92 Å². The van der Waals surface area contributed by atoms with E-state index >= 15 is 0 Å². The summed E-state index contributed by atoms with van der Waals surface area (Å²) in [4.78, 5) is 10.4. The fourth-order valence-electron chi connectivity index (χ4n) is 2.02. The summed E-state index contributed by atoms with van der Waals surface area (Å²) in [5.74, 6) is -0.631. The van der Waals surface area contributed by atoms with Gasteiger partial charge in [-0.15, -0.1) is 0 Å². The average Bonchev–Trinajstić information content (AvgIpc) is 2.53. The van der Waals surface area contributed by atoms with Gasteiger partial charge in [-0.05, 0) is 12.8 Å². The Morgan fingerprint density at radius 2 is 1.24 bits per heavy atom. The van der Waals surface area contributed by atoms with E-state index in [1.165, 1.54) is 6.42 Å². The van der Waals surface area contributed by atoms with E-state index in [9.17, 15) is 4.79 Å². The Bertz CT molecular complexity index is 265. The molecule has 1 aliphatic rings. The number of aliphatic carboxylic acids is 1. The van der Waals surface area contributed by atoms with Gasteiger partial charge in [0.1, 0.15) is 24.4 Å². The summed E-state index contributed by atoms with van der Waals surface area (Å²) in [6.07, 6.45) is -1.15. The number of aliphatic hydroxyl groups is 6. The zero-order valence-electron chi connectivity index (χ0n) is 11.9. The number of hydrogen-bond donors (Lipinski definition) is 7. The van der Waals surface area contributed by atoms with Crippen LogP contribution in [0.4, 0.5) is 0 Å². The van der Waals surface area contributed by atoms with Crippen molar-refractivity contribution in [1.82, 2.24) is 0 Å². The van der Waals surface area contributed by atoms with Gasteiger partial charge >= 0.3 is 5.97 Å². The van der Waals surface area contributed by atoms with Crippen molar-refractivity contribution in [3.05, 3.63) is 0 Å². The normalized spacial score (nSPS) is 21.6. The molecule has 8 nitrogen and oxygen atoms in total. The summed E-state index contributed by atoms with van der Waals surface area (Å²) in [7, 11) is 0. The molecule has 0 radical (unpaired) electrons. The van der Waals surface area contributed by atoms with Gasteiger partial charge in [0.15, 0.2) is 0 Å². The van der Waals surface area contributed by atoms with E-state index in [-0.39, 0.29) is 5.92 Å². The largest absolute Gasteiger partial charge is 0.481 e. The molecule has 0 aromatic heterocycles. The van der Waals surface area contributed by atoms with Gasteiger partial charge in [0.05, 0.1) is 19.1 Å². The first-order valence-corrected chi connectivity index (χ1v) is 7.01. The molecule has 8 heteroatoms. The van der Waals surface area contributed by atoms with Crippen molar-refractivity contribution in [3.8, 4) is 0 Å². The Morgan fingerprint density at radius 1 is 0.857 bits per heavy atom. The lowest BCUT2D eigenvalue weighted by molar-refractivity contribution is -0.142. The van der Waals surface area contributed by atoms with E-state index in [1.54, 1.807) is 0 Å². The minimum absolute atomic E-state index is 0.0289. The van der Waals surface area contributed by atoms with Crippen molar-refractivity contribution in [2.75, 3.05) is 13.2 Å². The topological polar surface area (TPSA) is 159 Å². The fourth-order valence-corrected chi connectivity index (χ4v) is 2.02. The molecule has 1 rings (SSSR count). The number of aliphatic hydroxyl groups excluding tert-OH is 6. The van der Waals surface area contributed by atoms with Gasteiger partial charge in [0, 0.05) is 0 Å². The summed E-state index contributed by atoms with van der Waals surface area (Å²) < 4.78 is 0. The van der Waals surface area contributed by atoms with Crippen LogP contribution in [0.1, 0.15) is 32.1 Å². The SMILES string of the molecule is O=C(O)C1CCCCC1.OCC(O)C(O)C(O)C(O)CO. The maximum Gasteiger partial charge on any atom is 0.306 e. The first kappa shape index (κ1) is 20.2. The van der Waals surface area contributed by atoms with E-state index < -0.39 is 43.6 Å². The minimum Gasteiger partial charge on any atom is -0.481 e. The highest BCUT2D eigenvalue weighted by Gasteiger charge is 2.29. The van der Waals surface area contributed by atoms with Crippen LogP contribution in [0.3, 0.4) is 0 Å². The van der Waals surface area contributed by atoms with Gasteiger partial charge < -0.3 is 35.7 Å². The van der Waals surface area contributed by atoms with Crippen LogP contribution in [-0.2, 0) is 4.79 Å². The highest BCUT2D eigenvalue weighted by atomic mass is 16.4. The molecule has 1 saturated carbocycles. The molecule has 0 spiro atoms. The average molecular weight is 310 g/mol. The number of hydrogen-bond acceptors (Lipinski definition) is 7. The minimum atomic E-state index is -1.67. The number of carboxylic acids is 1. The molecule has 4 atom stereocenters. The van der Waals surface area contributed by atoms with Gasteiger partial charge in [0.2, 0.25) is 0 Å². The zero-order chi connectivity index (χ0) is 16.4. The second kappa shape index (κ2) is 10.9. The molecule has 0 bridgehead atoms. The summed E-state index contributed by atoms with van der Waals surface area (Å²) >= 11 is 0. The first-order valence-electron chi connectivity index (χ1n) is 7.01. The Hall–Kier alpha value is -0.770. The van der Waals surface area contributed by atoms with Crippen LogP contribution in [0.15, 0.2) is 0 Å². The van der Waals surface area contributed by atoms with Gasteiger partial charge in [-0.3, -0.25) is 4.79 Å². The predicted octanol–water partition coefficient (Wildman–Crippen LogP) is -1.93. The van der Waals surface area contributed by atoms with Crippen LogP contribution in [0.2, 0.25) is 0 Å². The lowest BCUT2D eigenvalue weighted by Gasteiger charge is -2.24. The van der Waals surface area contributed by atoms with E-state index in [1.807, 2.05) is 0 Å². The van der Waals surface area contributed by atoms with E-state index in [0.717, 1.165) is 25.7 Å². The fraction of sp³-hybridized carbons (Fsp3) is 0.923. The van der Waals surface area contributed by atoms with Crippen molar-refractivity contribution in [2.24, 2.45) is 5.92 Å². The van der Waals surface area contributed by atoms with E-state index in [0.29, 0.717) is 0 Å². The van der Waals surface area contributed by atoms with E-state index in [2.05, 4.69) is 0 Å². The van der Waals surface area contributed by atoms with Crippen LogP contribution < -0.4 is 0 Å². The molecule has 4 unspecified atom stereocenters. The number of rotatable bonds is 6. The molecule has 0 aromatic rings. The molecule has 0 aliphatic heterocycles. The molecule has 126 valence electrons. The summed E-state index contributed by atoms with van der Waals surface area (Å²) in [5.41, 5.74) is 0. The smallest absolute Gasteiger partial charge is 0.306 e. The molecule has 7 N–H and O–H groups in total. The van der Waals surface area contributed by atoms with Crippen LogP contribution in [0.25, 0.3) is 0 Å². The lowest BCUT2D eigenvalue weighted by atomic mass is 9.90. The van der Waals surface area contributed by atoms with Crippen LogP contribution in [0.5, 0.6) is 0 Å². The third kappa shape index (κ3) is 7.70. The first-order chi connectivity index (χ1) is 9.84. The Balaban J connectivity index is 0.000000394. The monoisotopic (exact) mass is 310 g/mol. The van der Waals surface area contributed by atoms with Gasteiger partial charge in [-0.1, -0.05) is 19.3 Å². The lowest BCUT2D eigenvalue weighted by Crippen LogP contribution is -2.46. The maximum atomic E-state index is 10.4. The van der Waals surface area contributed by atoms with Crippen molar-refractivity contribution < 1.29 is 40.5 Å². The van der Waals surface area contributed by atoms with Crippen molar-refractivity contribution in [1.29, 1.82) is 0 Å². The second-order valence-corrected chi connectivity index (χ2v) is 5.15. The Morgan fingerprint density at radius 3 is 1.48 bits per heavy atom. The van der Waals surface area contributed by atoms with Gasteiger partial charge in [0.25, 0.3) is 0 Å². The summed E-state index contributed by atoms with van der Waals surface area (Å²) in [5, 5.41) is 60.7. The molecular formula is C13H26O8. The molecule has 1 aliphatic carbocycles. The third-order valence-corrected chi connectivity index (χ3v) is 3.47. The highest BCUT2D eigenvalue weighted by molar-refractivity contribution is 5.69. The second-order valence-electron chi connectivity index (χ2n) is 5.15. The van der Waals surface area contributed by atoms with Crippen molar-refractivity contribution in [2.45, 2.75) is 56.5 Å². The standard InChI is InChI=1S/C7H12O2.C6H14O6/c8-7(9)6-4-2-1-3-5-6;7-1-3(9)5(11)6(12)4(10)2-8/h6H,1-5H2,(H,8,9);3-12H,1-2H2. The highest BCUT2D eigenvalue weighted by Crippen LogP contribution is 2.23. The molecule has 0 saturated heterocycles. The Labute approximate surface area is 123 Å². The molecular weight excluding hydrogens is 284 g/mol. The molecule has 0 amide bonds. The number of carbonyl (C=O) groups is 1. The Kier molecular flexibility index (Phi) is 10.5. The zero-order valence-corrected chi connectivity index (χ0v) is 11.9. The predicted molar refractivity (Wildman–Crippen MR) is 72.4 cm³/mol. The maximum absolute atomic E-state index is 10.4. The summed E-state index contributed by atoms with van der Waals surface area (Å²) in [6.45, 7) is -1.45. The number of carboxylic acid groups (broad SMARTS) is 1. The van der Waals surface area contributed by atoms with Crippen LogP contribution >= 0.6 is 0 Å². The third-order valence-electron chi connectivity index (χ3n) is 3.47. The molecule has 0 aromatic carbocycles. The quantitative estimate of drug-likeness (QED) is 0.298. The van der Waals surface area contributed by atoms with Crippen molar-refractivity contribution in [3.63, 3.8) is 0 Å².